The van der Waals surface area contributed by atoms with Crippen LogP contribution < -0.4 is 0 Å². The third-order valence-electron chi connectivity index (χ3n) is 2.16. The molecular formula is C11H17BrN2O. The third-order valence-corrected chi connectivity index (χ3v) is 3.19. The highest BCUT2D eigenvalue weighted by molar-refractivity contribution is 9.10. The molecule has 0 aliphatic heterocycles. The fourth-order valence-electron chi connectivity index (χ4n) is 1.34. The second kappa shape index (κ2) is 6.08. The van der Waals surface area contributed by atoms with Gasteiger partial charge in [0.2, 0.25) is 0 Å². The van der Waals surface area contributed by atoms with Crippen LogP contribution in [0, 0.1) is 6.92 Å². The Bertz CT molecular complexity index is 334. The van der Waals surface area contributed by atoms with Gasteiger partial charge in [0.05, 0.1) is 29.1 Å². The highest BCUT2D eigenvalue weighted by Gasteiger charge is 2.11. The Kier molecular flexibility index (Phi) is 5.05. The lowest BCUT2D eigenvalue weighted by molar-refractivity contribution is 0.119. The molecule has 15 heavy (non-hydrogen) atoms. The van der Waals surface area contributed by atoms with E-state index >= 15 is 0 Å². The predicted molar refractivity (Wildman–Crippen MR) is 64.8 cm³/mol. The van der Waals surface area contributed by atoms with Crippen LogP contribution in [0.5, 0.6) is 0 Å². The number of halogens is 1. The fraction of sp³-hybridized carbons (Fsp3) is 0.545. The largest absolute Gasteiger partial charge is 0.375 e. The third kappa shape index (κ3) is 3.18. The summed E-state index contributed by atoms with van der Waals surface area (Å²) in [4.78, 5) is 0. The smallest absolute Gasteiger partial charge is 0.0896 e. The van der Waals surface area contributed by atoms with Gasteiger partial charge in [-0.15, -0.1) is 6.58 Å². The topological polar surface area (TPSA) is 27.1 Å². The van der Waals surface area contributed by atoms with Gasteiger partial charge in [0.1, 0.15) is 0 Å². The predicted octanol–water partition coefficient (Wildman–Crippen LogP) is 3.07. The van der Waals surface area contributed by atoms with Crippen LogP contribution in [0.2, 0.25) is 0 Å². The summed E-state index contributed by atoms with van der Waals surface area (Å²) < 4.78 is 8.56. The lowest BCUT2D eigenvalue weighted by Gasteiger charge is -2.05. The number of aromatic nitrogens is 2. The van der Waals surface area contributed by atoms with Crippen molar-refractivity contribution in [3.05, 3.63) is 28.5 Å². The molecule has 0 saturated heterocycles. The monoisotopic (exact) mass is 272 g/mol. The molecule has 0 saturated carbocycles. The quantitative estimate of drug-likeness (QED) is 0.588. The van der Waals surface area contributed by atoms with E-state index in [4.69, 9.17) is 4.74 Å². The molecule has 0 spiro atoms. The standard InChI is InChI=1S/C11H17BrN2O/c1-4-6-7-15-8-10-11(12)9(3)13-14(10)5-2/h4H,1,5-8H2,2-3H3. The average Bonchev–Trinajstić information content (AvgIpc) is 2.51. The molecule has 0 fully saturated rings. The van der Waals surface area contributed by atoms with Crippen LogP contribution in [0.3, 0.4) is 0 Å². The minimum Gasteiger partial charge on any atom is -0.375 e. The molecule has 0 bridgehead atoms. The Morgan fingerprint density at radius 2 is 2.33 bits per heavy atom. The summed E-state index contributed by atoms with van der Waals surface area (Å²) >= 11 is 3.53. The number of hydrogen-bond donors (Lipinski definition) is 0. The maximum absolute atomic E-state index is 5.53. The fourth-order valence-corrected chi connectivity index (χ4v) is 1.74. The van der Waals surface area contributed by atoms with Gasteiger partial charge in [-0.05, 0) is 36.2 Å². The Labute approximate surface area is 99.2 Å². The van der Waals surface area contributed by atoms with E-state index in [9.17, 15) is 0 Å². The van der Waals surface area contributed by atoms with E-state index in [1.54, 1.807) is 0 Å². The van der Waals surface area contributed by atoms with E-state index in [1.165, 1.54) is 0 Å². The van der Waals surface area contributed by atoms with E-state index in [0.29, 0.717) is 13.2 Å². The molecule has 1 aromatic heterocycles. The number of hydrogen-bond acceptors (Lipinski definition) is 2. The Balaban J connectivity index is 2.62. The minimum absolute atomic E-state index is 0.600. The molecule has 1 heterocycles. The molecule has 1 aromatic rings. The molecule has 1 rings (SSSR count). The van der Waals surface area contributed by atoms with E-state index < -0.39 is 0 Å². The summed E-state index contributed by atoms with van der Waals surface area (Å²) in [5.74, 6) is 0. The summed E-state index contributed by atoms with van der Waals surface area (Å²) in [5.41, 5.74) is 2.12. The second-order valence-corrected chi connectivity index (χ2v) is 4.08. The molecule has 0 amide bonds. The Hall–Kier alpha value is -0.610. The first-order chi connectivity index (χ1) is 7.20. The molecule has 0 N–H and O–H groups in total. The van der Waals surface area contributed by atoms with Gasteiger partial charge in [0, 0.05) is 6.54 Å². The van der Waals surface area contributed by atoms with Gasteiger partial charge in [-0.25, -0.2) is 0 Å². The highest BCUT2D eigenvalue weighted by atomic mass is 79.9. The average molecular weight is 273 g/mol. The molecule has 4 heteroatoms. The van der Waals surface area contributed by atoms with Crippen molar-refractivity contribution in [2.75, 3.05) is 6.61 Å². The first-order valence-corrected chi connectivity index (χ1v) is 5.90. The van der Waals surface area contributed by atoms with Crippen molar-refractivity contribution in [2.24, 2.45) is 0 Å². The van der Waals surface area contributed by atoms with Crippen LogP contribution in [-0.4, -0.2) is 16.4 Å². The van der Waals surface area contributed by atoms with Gasteiger partial charge in [-0.2, -0.15) is 5.10 Å². The SMILES string of the molecule is C=CCCOCc1c(Br)c(C)nn1CC. The van der Waals surface area contributed by atoms with Crippen LogP contribution in [0.25, 0.3) is 0 Å². The van der Waals surface area contributed by atoms with Crippen LogP contribution >= 0.6 is 15.9 Å². The summed E-state index contributed by atoms with van der Waals surface area (Å²) in [6, 6.07) is 0. The molecule has 0 aliphatic carbocycles. The molecule has 0 radical (unpaired) electrons. The van der Waals surface area contributed by atoms with Gasteiger partial charge in [0.25, 0.3) is 0 Å². The van der Waals surface area contributed by atoms with Crippen molar-refractivity contribution in [3.8, 4) is 0 Å². The van der Waals surface area contributed by atoms with Crippen LogP contribution in [0.4, 0.5) is 0 Å². The first kappa shape index (κ1) is 12.5. The first-order valence-electron chi connectivity index (χ1n) is 5.11. The molecule has 0 aliphatic rings. The zero-order valence-electron chi connectivity index (χ0n) is 9.29. The maximum atomic E-state index is 5.53. The van der Waals surface area contributed by atoms with E-state index in [2.05, 4.69) is 34.5 Å². The van der Waals surface area contributed by atoms with Gasteiger partial charge >= 0.3 is 0 Å². The molecule has 84 valence electrons. The molecular weight excluding hydrogens is 256 g/mol. The zero-order chi connectivity index (χ0) is 11.3. The number of ether oxygens (including phenoxy) is 1. The zero-order valence-corrected chi connectivity index (χ0v) is 10.9. The van der Waals surface area contributed by atoms with Crippen molar-refractivity contribution >= 4 is 15.9 Å². The van der Waals surface area contributed by atoms with Crippen molar-refractivity contribution in [1.29, 1.82) is 0 Å². The number of aryl methyl sites for hydroxylation is 2. The van der Waals surface area contributed by atoms with Crippen molar-refractivity contribution in [2.45, 2.75) is 33.4 Å². The van der Waals surface area contributed by atoms with Crippen molar-refractivity contribution in [1.82, 2.24) is 9.78 Å². The molecule has 0 aromatic carbocycles. The Morgan fingerprint density at radius 3 is 2.93 bits per heavy atom. The molecule has 0 unspecified atom stereocenters. The van der Waals surface area contributed by atoms with Crippen LogP contribution in [0.1, 0.15) is 24.7 Å². The second-order valence-electron chi connectivity index (χ2n) is 3.29. The number of nitrogens with zero attached hydrogens (tertiary/aromatic N) is 2. The minimum atomic E-state index is 0.600. The summed E-state index contributed by atoms with van der Waals surface area (Å²) in [7, 11) is 0. The summed E-state index contributed by atoms with van der Waals surface area (Å²) in [6.45, 7) is 9.90. The van der Waals surface area contributed by atoms with E-state index in [-0.39, 0.29) is 0 Å². The van der Waals surface area contributed by atoms with Crippen molar-refractivity contribution < 1.29 is 4.74 Å². The molecule has 0 atom stereocenters. The Morgan fingerprint density at radius 1 is 1.60 bits per heavy atom. The number of rotatable bonds is 6. The van der Waals surface area contributed by atoms with Gasteiger partial charge in [0.15, 0.2) is 0 Å². The molecule has 3 nitrogen and oxygen atoms in total. The van der Waals surface area contributed by atoms with E-state index in [0.717, 1.165) is 28.8 Å². The van der Waals surface area contributed by atoms with E-state index in [1.807, 2.05) is 17.7 Å². The van der Waals surface area contributed by atoms with Gasteiger partial charge in [-0.3, -0.25) is 4.68 Å². The highest BCUT2D eigenvalue weighted by Crippen LogP contribution is 2.21. The normalized spacial score (nSPS) is 10.6. The van der Waals surface area contributed by atoms with Crippen molar-refractivity contribution in [3.63, 3.8) is 0 Å². The summed E-state index contributed by atoms with van der Waals surface area (Å²) in [5, 5.41) is 4.40. The maximum Gasteiger partial charge on any atom is 0.0896 e. The van der Waals surface area contributed by atoms with Gasteiger partial charge < -0.3 is 4.74 Å². The summed E-state index contributed by atoms with van der Waals surface area (Å²) in [6.07, 6.45) is 2.74. The van der Waals surface area contributed by atoms with Crippen LogP contribution in [-0.2, 0) is 17.9 Å². The van der Waals surface area contributed by atoms with Crippen LogP contribution in [0.15, 0.2) is 17.1 Å². The lowest BCUT2D eigenvalue weighted by Crippen LogP contribution is -2.05. The van der Waals surface area contributed by atoms with Gasteiger partial charge in [-0.1, -0.05) is 6.08 Å². The lowest BCUT2D eigenvalue weighted by atomic mass is 10.4.